The molecule has 1 aliphatic rings. The van der Waals surface area contributed by atoms with Crippen LogP contribution in [-0.4, -0.2) is 10.8 Å². The van der Waals surface area contributed by atoms with Gasteiger partial charge in [0.15, 0.2) is 0 Å². The number of hydrazone groups is 1. The SMILES string of the molecule is Oc1ccc(C2=NN(c3ccccc3)[C@@H](c3ccc(F)cc3)C2)cc1. The van der Waals surface area contributed by atoms with E-state index < -0.39 is 0 Å². The smallest absolute Gasteiger partial charge is 0.123 e. The summed E-state index contributed by atoms with van der Waals surface area (Å²) >= 11 is 0. The van der Waals surface area contributed by atoms with E-state index in [-0.39, 0.29) is 17.6 Å². The van der Waals surface area contributed by atoms with Crippen LogP contribution in [0.4, 0.5) is 10.1 Å². The minimum Gasteiger partial charge on any atom is -0.508 e. The summed E-state index contributed by atoms with van der Waals surface area (Å²) < 4.78 is 13.3. The van der Waals surface area contributed by atoms with Crippen LogP contribution in [0.15, 0.2) is 84.0 Å². The number of hydrogen-bond acceptors (Lipinski definition) is 3. The molecule has 0 unspecified atom stereocenters. The fraction of sp³-hybridized carbons (Fsp3) is 0.0952. The molecule has 0 saturated heterocycles. The lowest BCUT2D eigenvalue weighted by Crippen LogP contribution is -2.18. The van der Waals surface area contributed by atoms with Gasteiger partial charge in [0.2, 0.25) is 0 Å². The van der Waals surface area contributed by atoms with E-state index in [2.05, 4.69) is 0 Å². The summed E-state index contributed by atoms with van der Waals surface area (Å²) in [6.07, 6.45) is 0.714. The molecule has 4 heteroatoms. The van der Waals surface area contributed by atoms with Crippen molar-refractivity contribution in [2.45, 2.75) is 12.5 Å². The average molecular weight is 332 g/mol. The maximum absolute atomic E-state index is 13.3. The van der Waals surface area contributed by atoms with Crippen molar-refractivity contribution in [3.63, 3.8) is 0 Å². The van der Waals surface area contributed by atoms with Gasteiger partial charge in [-0.3, -0.25) is 5.01 Å². The molecular formula is C21H17FN2O. The summed E-state index contributed by atoms with van der Waals surface area (Å²) in [5.41, 5.74) is 3.93. The van der Waals surface area contributed by atoms with Crippen molar-refractivity contribution >= 4 is 11.4 Å². The normalized spacial score (nSPS) is 16.8. The Kier molecular flexibility index (Phi) is 3.94. The highest BCUT2D eigenvalue weighted by molar-refractivity contribution is 6.03. The Hall–Kier alpha value is -3.14. The molecule has 3 nitrogen and oxygen atoms in total. The Labute approximate surface area is 145 Å². The van der Waals surface area contributed by atoms with E-state index in [0.717, 1.165) is 22.5 Å². The van der Waals surface area contributed by atoms with E-state index in [9.17, 15) is 9.50 Å². The number of phenolic OH excluding ortho intramolecular Hbond substituents is 1. The van der Waals surface area contributed by atoms with Crippen LogP contribution < -0.4 is 5.01 Å². The summed E-state index contributed by atoms with van der Waals surface area (Å²) in [7, 11) is 0. The standard InChI is InChI=1S/C21H17FN2O/c22-17-10-6-16(7-11-17)21-14-20(15-8-12-19(25)13-9-15)23-24(21)18-4-2-1-3-5-18/h1-13,21,25H,14H2/t21-/m1/s1. The molecule has 3 aromatic rings. The molecule has 1 N–H and O–H groups in total. The van der Waals surface area contributed by atoms with Gasteiger partial charge in [-0.2, -0.15) is 5.10 Å². The average Bonchev–Trinajstić information content (AvgIpc) is 3.09. The second-order valence-electron chi connectivity index (χ2n) is 6.05. The lowest BCUT2D eigenvalue weighted by molar-refractivity contribution is 0.475. The van der Waals surface area contributed by atoms with Crippen LogP contribution in [-0.2, 0) is 0 Å². The first-order chi connectivity index (χ1) is 12.2. The monoisotopic (exact) mass is 332 g/mol. The second-order valence-corrected chi connectivity index (χ2v) is 6.05. The van der Waals surface area contributed by atoms with E-state index in [1.54, 1.807) is 12.1 Å². The van der Waals surface area contributed by atoms with Gasteiger partial charge < -0.3 is 5.11 Å². The summed E-state index contributed by atoms with van der Waals surface area (Å²) in [5, 5.41) is 16.3. The first-order valence-electron chi connectivity index (χ1n) is 8.17. The molecular weight excluding hydrogens is 315 g/mol. The first-order valence-corrected chi connectivity index (χ1v) is 8.17. The Balaban J connectivity index is 1.73. The summed E-state index contributed by atoms with van der Waals surface area (Å²) in [6, 6.07) is 23.6. The van der Waals surface area contributed by atoms with Crippen molar-refractivity contribution in [1.29, 1.82) is 0 Å². The van der Waals surface area contributed by atoms with Crippen LogP contribution in [0.25, 0.3) is 0 Å². The van der Waals surface area contributed by atoms with Crippen LogP contribution in [0, 0.1) is 5.82 Å². The van der Waals surface area contributed by atoms with Gasteiger partial charge in [-0.15, -0.1) is 0 Å². The van der Waals surface area contributed by atoms with Gasteiger partial charge >= 0.3 is 0 Å². The molecule has 25 heavy (non-hydrogen) atoms. The summed E-state index contributed by atoms with van der Waals surface area (Å²) in [5.74, 6) is -0.00923. The number of nitrogens with zero attached hydrogens (tertiary/aromatic N) is 2. The van der Waals surface area contributed by atoms with Crippen LogP contribution in [0.2, 0.25) is 0 Å². The highest BCUT2D eigenvalue weighted by Gasteiger charge is 2.29. The molecule has 1 atom stereocenters. The molecule has 0 radical (unpaired) electrons. The number of benzene rings is 3. The summed E-state index contributed by atoms with van der Waals surface area (Å²) in [6.45, 7) is 0. The van der Waals surface area contributed by atoms with Crippen molar-refractivity contribution < 1.29 is 9.50 Å². The van der Waals surface area contributed by atoms with Crippen molar-refractivity contribution in [2.24, 2.45) is 5.10 Å². The fourth-order valence-electron chi connectivity index (χ4n) is 3.10. The lowest BCUT2D eigenvalue weighted by Gasteiger charge is -2.23. The minimum absolute atomic E-state index is 0.00630. The largest absolute Gasteiger partial charge is 0.508 e. The Morgan fingerprint density at radius 2 is 1.56 bits per heavy atom. The van der Waals surface area contributed by atoms with E-state index in [4.69, 9.17) is 5.10 Å². The Morgan fingerprint density at radius 3 is 2.24 bits per heavy atom. The van der Waals surface area contributed by atoms with Gasteiger partial charge in [0.05, 0.1) is 17.4 Å². The third-order valence-electron chi connectivity index (χ3n) is 4.39. The zero-order valence-electron chi connectivity index (χ0n) is 13.5. The Morgan fingerprint density at radius 1 is 0.880 bits per heavy atom. The molecule has 3 aromatic carbocycles. The molecule has 1 aliphatic heterocycles. The number of hydrogen-bond donors (Lipinski definition) is 1. The quantitative estimate of drug-likeness (QED) is 0.741. The van der Waals surface area contributed by atoms with Crippen molar-refractivity contribution in [3.8, 4) is 5.75 Å². The second kappa shape index (κ2) is 6.40. The number of rotatable bonds is 3. The molecule has 0 aliphatic carbocycles. The molecule has 0 aromatic heterocycles. The van der Waals surface area contributed by atoms with Gasteiger partial charge in [0, 0.05) is 6.42 Å². The zero-order chi connectivity index (χ0) is 17.2. The van der Waals surface area contributed by atoms with Crippen molar-refractivity contribution in [2.75, 3.05) is 5.01 Å². The fourth-order valence-corrected chi connectivity index (χ4v) is 3.10. The van der Waals surface area contributed by atoms with Crippen LogP contribution >= 0.6 is 0 Å². The van der Waals surface area contributed by atoms with E-state index in [0.29, 0.717) is 6.42 Å². The maximum Gasteiger partial charge on any atom is 0.123 e. The predicted octanol–water partition coefficient (Wildman–Crippen LogP) is 4.89. The molecule has 1 heterocycles. The number of phenols is 1. The van der Waals surface area contributed by atoms with E-state index >= 15 is 0 Å². The molecule has 124 valence electrons. The topological polar surface area (TPSA) is 35.8 Å². The van der Waals surface area contributed by atoms with E-state index in [1.807, 2.05) is 59.6 Å². The van der Waals surface area contributed by atoms with Gasteiger partial charge in [0.25, 0.3) is 0 Å². The van der Waals surface area contributed by atoms with Gasteiger partial charge in [-0.25, -0.2) is 4.39 Å². The van der Waals surface area contributed by atoms with Crippen molar-refractivity contribution in [1.82, 2.24) is 0 Å². The third-order valence-corrected chi connectivity index (χ3v) is 4.39. The Bertz CT molecular complexity index is 889. The molecule has 0 spiro atoms. The highest BCUT2D eigenvalue weighted by Crippen LogP contribution is 2.36. The molecule has 0 bridgehead atoms. The molecule has 0 amide bonds. The third kappa shape index (κ3) is 3.11. The maximum atomic E-state index is 13.3. The lowest BCUT2D eigenvalue weighted by atomic mass is 9.98. The van der Waals surface area contributed by atoms with Crippen molar-refractivity contribution in [3.05, 3.63) is 95.8 Å². The number of aromatic hydroxyl groups is 1. The number of halogens is 1. The molecule has 0 fully saturated rings. The predicted molar refractivity (Wildman–Crippen MR) is 97.3 cm³/mol. The molecule has 0 saturated carbocycles. The van der Waals surface area contributed by atoms with Gasteiger partial charge in [0.1, 0.15) is 11.6 Å². The number of anilines is 1. The highest BCUT2D eigenvalue weighted by atomic mass is 19.1. The first kappa shape index (κ1) is 15.4. The zero-order valence-corrected chi connectivity index (χ0v) is 13.5. The molecule has 4 rings (SSSR count). The van der Waals surface area contributed by atoms with Gasteiger partial charge in [-0.1, -0.05) is 30.3 Å². The van der Waals surface area contributed by atoms with E-state index in [1.165, 1.54) is 12.1 Å². The van der Waals surface area contributed by atoms with Crippen LogP contribution in [0.3, 0.4) is 0 Å². The summed E-state index contributed by atoms with van der Waals surface area (Å²) in [4.78, 5) is 0. The number of para-hydroxylation sites is 1. The van der Waals surface area contributed by atoms with Crippen LogP contribution in [0.1, 0.15) is 23.6 Å². The van der Waals surface area contributed by atoms with Crippen LogP contribution in [0.5, 0.6) is 5.75 Å². The van der Waals surface area contributed by atoms with Gasteiger partial charge in [-0.05, 0) is 59.7 Å². The minimum atomic E-state index is -0.243.